The van der Waals surface area contributed by atoms with Crippen molar-refractivity contribution in [3.63, 3.8) is 0 Å². The maximum atomic E-state index is 8.17. The van der Waals surface area contributed by atoms with E-state index in [4.69, 9.17) is 15.3 Å². The molecule has 0 saturated heterocycles. The first kappa shape index (κ1) is 16.0. The first-order chi connectivity index (χ1) is 2.81. The van der Waals surface area contributed by atoms with Gasteiger partial charge < -0.3 is 15.3 Å². The molecule has 0 aromatic heterocycles. The van der Waals surface area contributed by atoms with Crippen molar-refractivity contribution in [3.8, 4) is 0 Å². The summed E-state index contributed by atoms with van der Waals surface area (Å²) in [5.41, 5.74) is 0. The largest absolute Gasteiger partial charge is 0.394 e. The van der Waals surface area contributed by atoms with Gasteiger partial charge in [0.2, 0.25) is 0 Å². The normalized spacial score (nSPS) is 7.50. The van der Waals surface area contributed by atoms with E-state index in [0.29, 0.717) is 0 Å². The van der Waals surface area contributed by atoms with Crippen molar-refractivity contribution < 1.29 is 48.9 Å². The quantitative estimate of drug-likeness (QED) is 0.474. The van der Waals surface area contributed by atoms with Crippen molar-refractivity contribution in [2.75, 3.05) is 13.2 Å². The molecule has 0 unspecified atom stereocenters. The molecule has 0 amide bonds. The van der Waals surface area contributed by atoms with Gasteiger partial charge in [-0.1, -0.05) is 0 Å². The standard InChI is InChI=1S/C3H8O3.Fe.Ni/c4-1-3(6)2-5;;/h3-6H,1-2H2;;. The molecular formula is C3H8FeNiO3. The van der Waals surface area contributed by atoms with Gasteiger partial charge in [-0.25, -0.2) is 0 Å². The third-order valence-corrected chi connectivity index (χ3v) is 0.421. The maximum Gasteiger partial charge on any atom is 0.100 e. The predicted molar refractivity (Wildman–Crippen MR) is 20.2 cm³/mol. The Morgan fingerprint density at radius 2 is 1.38 bits per heavy atom. The van der Waals surface area contributed by atoms with Crippen LogP contribution >= 0.6 is 0 Å². The molecule has 0 aromatic carbocycles. The van der Waals surface area contributed by atoms with Crippen LogP contribution in [0.5, 0.6) is 0 Å². The van der Waals surface area contributed by atoms with Crippen LogP contribution in [0.2, 0.25) is 0 Å². The average molecular weight is 207 g/mol. The third kappa shape index (κ3) is 10.00. The average Bonchev–Trinajstić information content (AvgIpc) is 1.65. The summed E-state index contributed by atoms with van der Waals surface area (Å²) >= 11 is 0. The molecule has 3 nitrogen and oxygen atoms in total. The molecule has 0 fully saturated rings. The van der Waals surface area contributed by atoms with Gasteiger partial charge in [-0.15, -0.1) is 0 Å². The summed E-state index contributed by atoms with van der Waals surface area (Å²) in [7, 11) is 0. The molecule has 56 valence electrons. The van der Waals surface area contributed by atoms with E-state index in [2.05, 4.69) is 0 Å². The molecule has 0 atom stereocenters. The van der Waals surface area contributed by atoms with Gasteiger partial charge in [-0.05, 0) is 0 Å². The van der Waals surface area contributed by atoms with E-state index >= 15 is 0 Å². The third-order valence-electron chi connectivity index (χ3n) is 0.421. The Kier molecular flexibility index (Phi) is 21.5. The molecule has 0 saturated carbocycles. The molecule has 0 rings (SSSR count). The van der Waals surface area contributed by atoms with Crippen LogP contribution in [0, 0.1) is 0 Å². The fourth-order valence-corrected chi connectivity index (χ4v) is 0.0577. The Morgan fingerprint density at radius 3 is 1.38 bits per heavy atom. The molecule has 0 aromatic rings. The molecule has 0 aliphatic rings. The van der Waals surface area contributed by atoms with Crippen LogP contribution < -0.4 is 0 Å². The van der Waals surface area contributed by atoms with Crippen LogP contribution in [0.4, 0.5) is 0 Å². The number of aliphatic hydroxyl groups excluding tert-OH is 3. The van der Waals surface area contributed by atoms with Crippen molar-refractivity contribution in [3.05, 3.63) is 0 Å². The zero-order valence-electron chi connectivity index (χ0n) is 4.00. The Balaban J connectivity index is -0.000000125. The summed E-state index contributed by atoms with van der Waals surface area (Å²) in [5, 5.41) is 24.0. The summed E-state index contributed by atoms with van der Waals surface area (Å²) in [6.07, 6.45) is -0.954. The molecule has 0 aliphatic carbocycles. The molecule has 3 N–H and O–H groups in total. The predicted octanol–water partition coefficient (Wildman–Crippen LogP) is -1.67. The topological polar surface area (TPSA) is 60.7 Å². The maximum absolute atomic E-state index is 8.17. The number of aliphatic hydroxyl groups is 3. The fraction of sp³-hybridized carbons (Fsp3) is 1.00. The van der Waals surface area contributed by atoms with Gasteiger partial charge in [0.1, 0.15) is 6.10 Å². The molecule has 0 heterocycles. The van der Waals surface area contributed by atoms with Crippen molar-refractivity contribution in [1.29, 1.82) is 0 Å². The van der Waals surface area contributed by atoms with Crippen molar-refractivity contribution >= 4 is 0 Å². The molecule has 5 heteroatoms. The van der Waals surface area contributed by atoms with E-state index in [9.17, 15) is 0 Å². The molecule has 0 bridgehead atoms. The van der Waals surface area contributed by atoms with Gasteiger partial charge in [0, 0.05) is 33.6 Å². The van der Waals surface area contributed by atoms with E-state index in [1.165, 1.54) is 0 Å². The van der Waals surface area contributed by atoms with Crippen molar-refractivity contribution in [1.82, 2.24) is 0 Å². The van der Waals surface area contributed by atoms with Crippen molar-refractivity contribution in [2.45, 2.75) is 6.10 Å². The zero-order chi connectivity index (χ0) is 4.99. The van der Waals surface area contributed by atoms with Gasteiger partial charge in [-0.3, -0.25) is 0 Å². The smallest absolute Gasteiger partial charge is 0.100 e. The number of hydrogen-bond donors (Lipinski definition) is 3. The van der Waals surface area contributed by atoms with Gasteiger partial charge in [0.15, 0.2) is 0 Å². The van der Waals surface area contributed by atoms with Gasteiger partial charge in [0.25, 0.3) is 0 Å². The minimum atomic E-state index is -0.954. The SMILES string of the molecule is OCC(O)CO.[Fe].[Ni]. The van der Waals surface area contributed by atoms with Crippen LogP contribution in [0.15, 0.2) is 0 Å². The molecule has 0 radical (unpaired) electrons. The molecule has 0 spiro atoms. The summed E-state index contributed by atoms with van der Waals surface area (Å²) < 4.78 is 0. The van der Waals surface area contributed by atoms with E-state index in [-0.39, 0.29) is 46.8 Å². The zero-order valence-corrected chi connectivity index (χ0v) is 6.09. The summed E-state index contributed by atoms with van der Waals surface area (Å²) in [5.74, 6) is 0. The van der Waals surface area contributed by atoms with Crippen LogP contribution in [-0.2, 0) is 33.6 Å². The monoisotopic (exact) mass is 206 g/mol. The van der Waals surface area contributed by atoms with Crippen LogP contribution in [-0.4, -0.2) is 34.6 Å². The van der Waals surface area contributed by atoms with Crippen molar-refractivity contribution in [2.24, 2.45) is 0 Å². The minimum absolute atomic E-state index is 0. The first-order valence-electron chi connectivity index (χ1n) is 1.71. The second-order valence-electron chi connectivity index (χ2n) is 1.02. The number of hydrogen-bond acceptors (Lipinski definition) is 3. The van der Waals surface area contributed by atoms with Crippen LogP contribution in [0.25, 0.3) is 0 Å². The van der Waals surface area contributed by atoms with Crippen LogP contribution in [0.3, 0.4) is 0 Å². The van der Waals surface area contributed by atoms with E-state index in [0.717, 1.165) is 0 Å². The fourth-order valence-electron chi connectivity index (χ4n) is 0.0577. The Labute approximate surface area is 68.5 Å². The Morgan fingerprint density at radius 1 is 1.12 bits per heavy atom. The number of rotatable bonds is 2. The van der Waals surface area contributed by atoms with E-state index in [1.54, 1.807) is 0 Å². The molecular weight excluding hydrogens is 199 g/mol. The Hall–Kier alpha value is 0.893. The van der Waals surface area contributed by atoms with Crippen LogP contribution in [0.1, 0.15) is 0 Å². The van der Waals surface area contributed by atoms with Gasteiger partial charge in [0.05, 0.1) is 13.2 Å². The van der Waals surface area contributed by atoms with Gasteiger partial charge >= 0.3 is 0 Å². The summed E-state index contributed by atoms with van der Waals surface area (Å²) in [6.45, 7) is -0.729. The first-order valence-corrected chi connectivity index (χ1v) is 1.71. The minimum Gasteiger partial charge on any atom is -0.394 e. The summed E-state index contributed by atoms with van der Waals surface area (Å²) in [4.78, 5) is 0. The summed E-state index contributed by atoms with van der Waals surface area (Å²) in [6, 6.07) is 0. The second-order valence-corrected chi connectivity index (χ2v) is 1.02. The van der Waals surface area contributed by atoms with Gasteiger partial charge in [-0.2, -0.15) is 0 Å². The van der Waals surface area contributed by atoms with E-state index < -0.39 is 6.10 Å². The molecule has 0 aliphatic heterocycles. The molecule has 8 heavy (non-hydrogen) atoms. The van der Waals surface area contributed by atoms with E-state index in [1.807, 2.05) is 0 Å². The Bertz CT molecular complexity index is 33.7. The second kappa shape index (κ2) is 10.8.